The second kappa shape index (κ2) is 4.94. The molecular formula is C10H9BrO. The first-order valence-corrected chi connectivity index (χ1v) is 4.39. The Morgan fingerprint density at radius 1 is 1.33 bits per heavy atom. The molecule has 0 bridgehead atoms. The van der Waals surface area contributed by atoms with Gasteiger partial charge < -0.3 is 5.11 Å². The molecule has 0 fully saturated rings. The Hall–Kier alpha value is -0.820. The first-order chi connectivity index (χ1) is 5.83. The Labute approximate surface area is 80.2 Å². The molecule has 1 rings (SSSR count). The van der Waals surface area contributed by atoms with Crippen molar-refractivity contribution in [2.24, 2.45) is 0 Å². The van der Waals surface area contributed by atoms with Gasteiger partial charge in [0.15, 0.2) is 0 Å². The monoisotopic (exact) mass is 224 g/mol. The van der Waals surface area contributed by atoms with Crippen molar-refractivity contribution < 1.29 is 5.11 Å². The fraction of sp³-hybridized carbons (Fsp3) is 0.100. The maximum absolute atomic E-state index is 8.44. The van der Waals surface area contributed by atoms with Gasteiger partial charge in [-0.15, -0.1) is 5.73 Å². The van der Waals surface area contributed by atoms with Crippen LogP contribution in [0.3, 0.4) is 0 Å². The highest BCUT2D eigenvalue weighted by Crippen LogP contribution is 2.10. The lowest BCUT2D eigenvalue weighted by atomic mass is 10.2. The number of aliphatic hydroxyl groups excluding tert-OH is 1. The van der Waals surface area contributed by atoms with Gasteiger partial charge in [-0.1, -0.05) is 28.1 Å². The Morgan fingerprint density at radius 3 is 2.58 bits per heavy atom. The molecule has 0 saturated carbocycles. The first kappa shape index (κ1) is 9.27. The summed E-state index contributed by atoms with van der Waals surface area (Å²) in [6.45, 7) is 0.0348. The molecule has 0 radical (unpaired) electrons. The van der Waals surface area contributed by atoms with Gasteiger partial charge in [-0.3, -0.25) is 0 Å². The number of aliphatic hydroxyl groups is 1. The van der Waals surface area contributed by atoms with E-state index in [-0.39, 0.29) is 6.61 Å². The fourth-order valence-electron chi connectivity index (χ4n) is 0.767. The van der Waals surface area contributed by atoms with Gasteiger partial charge in [0, 0.05) is 4.47 Å². The van der Waals surface area contributed by atoms with Crippen molar-refractivity contribution in [2.75, 3.05) is 6.61 Å². The van der Waals surface area contributed by atoms with Crippen LogP contribution in [0.15, 0.2) is 40.5 Å². The summed E-state index contributed by atoms with van der Waals surface area (Å²) in [5, 5.41) is 8.44. The quantitative estimate of drug-likeness (QED) is 0.767. The smallest absolute Gasteiger partial charge is 0.0686 e. The van der Waals surface area contributed by atoms with Crippen molar-refractivity contribution in [3.63, 3.8) is 0 Å². The summed E-state index contributed by atoms with van der Waals surface area (Å²) in [6.07, 6.45) is 3.39. The summed E-state index contributed by atoms with van der Waals surface area (Å²) in [6, 6.07) is 7.88. The SMILES string of the molecule is OCC=C=Cc1ccc(Br)cc1. The molecule has 0 spiro atoms. The van der Waals surface area contributed by atoms with Crippen LogP contribution in [0, 0.1) is 0 Å². The van der Waals surface area contributed by atoms with Crippen molar-refractivity contribution in [1.82, 2.24) is 0 Å². The summed E-state index contributed by atoms with van der Waals surface area (Å²) >= 11 is 3.35. The number of hydrogen-bond donors (Lipinski definition) is 1. The van der Waals surface area contributed by atoms with Crippen LogP contribution < -0.4 is 0 Å². The maximum Gasteiger partial charge on any atom is 0.0686 e. The van der Waals surface area contributed by atoms with Gasteiger partial charge in [-0.05, 0) is 29.8 Å². The highest BCUT2D eigenvalue weighted by Gasteiger charge is 1.85. The minimum absolute atomic E-state index is 0.0348. The fourth-order valence-corrected chi connectivity index (χ4v) is 1.03. The molecular weight excluding hydrogens is 216 g/mol. The van der Waals surface area contributed by atoms with Gasteiger partial charge in [0.25, 0.3) is 0 Å². The third-order valence-electron chi connectivity index (χ3n) is 1.33. The lowest BCUT2D eigenvalue weighted by Gasteiger charge is -1.90. The van der Waals surface area contributed by atoms with E-state index in [4.69, 9.17) is 5.11 Å². The predicted molar refractivity (Wildman–Crippen MR) is 53.8 cm³/mol. The van der Waals surface area contributed by atoms with Crippen LogP contribution in [0.2, 0.25) is 0 Å². The molecule has 0 aromatic heterocycles. The Kier molecular flexibility index (Phi) is 3.81. The summed E-state index contributed by atoms with van der Waals surface area (Å²) in [7, 11) is 0. The molecule has 0 saturated heterocycles. The minimum atomic E-state index is 0.0348. The summed E-state index contributed by atoms with van der Waals surface area (Å²) < 4.78 is 1.06. The molecule has 0 unspecified atom stereocenters. The molecule has 12 heavy (non-hydrogen) atoms. The first-order valence-electron chi connectivity index (χ1n) is 3.60. The third kappa shape index (κ3) is 3.05. The standard InChI is InChI=1S/C10H9BrO/c11-10-6-4-9(5-7-10)3-1-2-8-12/h2-7,12H,8H2. The van der Waals surface area contributed by atoms with E-state index in [0.717, 1.165) is 10.0 Å². The number of halogens is 1. The number of hydrogen-bond acceptors (Lipinski definition) is 1. The molecule has 1 aromatic rings. The van der Waals surface area contributed by atoms with Crippen molar-refractivity contribution in [2.45, 2.75) is 0 Å². The van der Waals surface area contributed by atoms with Crippen LogP contribution in [0.5, 0.6) is 0 Å². The maximum atomic E-state index is 8.44. The zero-order valence-corrected chi connectivity index (χ0v) is 8.08. The Bertz CT molecular complexity index is 294. The van der Waals surface area contributed by atoms with Crippen LogP contribution >= 0.6 is 15.9 Å². The number of rotatable bonds is 2. The topological polar surface area (TPSA) is 20.2 Å². The average molecular weight is 225 g/mol. The van der Waals surface area contributed by atoms with E-state index in [1.807, 2.05) is 30.3 Å². The van der Waals surface area contributed by atoms with Crippen LogP contribution in [-0.4, -0.2) is 11.7 Å². The molecule has 0 aliphatic heterocycles. The van der Waals surface area contributed by atoms with E-state index in [0.29, 0.717) is 0 Å². The van der Waals surface area contributed by atoms with E-state index in [9.17, 15) is 0 Å². The van der Waals surface area contributed by atoms with E-state index in [1.165, 1.54) is 0 Å². The summed E-state index contributed by atoms with van der Waals surface area (Å²) in [5.41, 5.74) is 3.93. The van der Waals surface area contributed by atoms with Gasteiger partial charge in [-0.2, -0.15) is 0 Å². The molecule has 0 aliphatic carbocycles. The molecule has 1 aromatic carbocycles. The molecule has 62 valence electrons. The molecule has 0 amide bonds. The molecule has 0 atom stereocenters. The van der Waals surface area contributed by atoms with E-state index < -0.39 is 0 Å². The molecule has 1 nitrogen and oxygen atoms in total. The Morgan fingerprint density at radius 2 is 2.00 bits per heavy atom. The molecule has 0 heterocycles. The minimum Gasteiger partial charge on any atom is -0.392 e. The number of benzene rings is 1. The van der Waals surface area contributed by atoms with E-state index >= 15 is 0 Å². The summed E-state index contributed by atoms with van der Waals surface area (Å²) in [5.74, 6) is 0. The van der Waals surface area contributed by atoms with Crippen molar-refractivity contribution in [1.29, 1.82) is 0 Å². The van der Waals surface area contributed by atoms with Gasteiger partial charge >= 0.3 is 0 Å². The molecule has 2 heteroatoms. The highest BCUT2D eigenvalue weighted by atomic mass is 79.9. The van der Waals surface area contributed by atoms with Crippen molar-refractivity contribution in [3.8, 4) is 0 Å². The zero-order valence-electron chi connectivity index (χ0n) is 6.50. The highest BCUT2D eigenvalue weighted by molar-refractivity contribution is 9.10. The second-order valence-electron chi connectivity index (χ2n) is 2.25. The Balaban J connectivity index is 2.77. The lowest BCUT2D eigenvalue weighted by Crippen LogP contribution is -1.70. The zero-order chi connectivity index (χ0) is 8.81. The van der Waals surface area contributed by atoms with Crippen molar-refractivity contribution in [3.05, 3.63) is 46.1 Å². The van der Waals surface area contributed by atoms with Crippen LogP contribution in [0.25, 0.3) is 6.08 Å². The lowest BCUT2D eigenvalue weighted by molar-refractivity contribution is 0.343. The second-order valence-corrected chi connectivity index (χ2v) is 3.16. The van der Waals surface area contributed by atoms with Gasteiger partial charge in [0.1, 0.15) is 0 Å². The average Bonchev–Trinajstić information content (AvgIpc) is 2.09. The van der Waals surface area contributed by atoms with Crippen LogP contribution in [0.1, 0.15) is 5.56 Å². The van der Waals surface area contributed by atoms with E-state index in [2.05, 4.69) is 21.7 Å². The molecule has 1 N–H and O–H groups in total. The van der Waals surface area contributed by atoms with Gasteiger partial charge in [0.05, 0.1) is 6.61 Å². The summed E-state index contributed by atoms with van der Waals surface area (Å²) in [4.78, 5) is 0. The van der Waals surface area contributed by atoms with Gasteiger partial charge in [0.2, 0.25) is 0 Å². The normalized spacial score (nSPS) is 8.83. The van der Waals surface area contributed by atoms with E-state index in [1.54, 1.807) is 6.08 Å². The predicted octanol–water partition coefficient (Wildman–Crippen LogP) is 2.61. The molecule has 0 aliphatic rings. The van der Waals surface area contributed by atoms with Crippen LogP contribution in [-0.2, 0) is 0 Å². The van der Waals surface area contributed by atoms with Crippen LogP contribution in [0.4, 0.5) is 0 Å². The van der Waals surface area contributed by atoms with Gasteiger partial charge in [-0.25, -0.2) is 0 Å². The third-order valence-corrected chi connectivity index (χ3v) is 1.86. The largest absolute Gasteiger partial charge is 0.392 e. The van der Waals surface area contributed by atoms with Crippen molar-refractivity contribution >= 4 is 22.0 Å².